The van der Waals surface area contributed by atoms with Crippen LogP contribution in [0.15, 0.2) is 29.3 Å². The maximum atomic E-state index is 12.4. The van der Waals surface area contributed by atoms with Crippen LogP contribution in [0.5, 0.6) is 5.75 Å². The number of amides is 2. The van der Waals surface area contributed by atoms with Gasteiger partial charge in [0.2, 0.25) is 5.91 Å². The number of ether oxygens (including phenoxy) is 1. The highest BCUT2D eigenvalue weighted by Crippen LogP contribution is 2.30. The van der Waals surface area contributed by atoms with Crippen LogP contribution in [-0.4, -0.2) is 36.6 Å². The molecule has 0 atom stereocenters. The van der Waals surface area contributed by atoms with Gasteiger partial charge in [0.05, 0.1) is 16.3 Å². The predicted octanol–water partition coefficient (Wildman–Crippen LogP) is 0.497. The molecule has 1 aromatic carbocycles. The summed E-state index contributed by atoms with van der Waals surface area (Å²) >= 11 is 0. The molecule has 26 heavy (non-hydrogen) atoms. The summed E-state index contributed by atoms with van der Waals surface area (Å²) in [4.78, 5) is 23.3. The number of aryl methyl sites for hydroxylation is 3. The molecule has 0 radical (unpaired) electrons. The SMILES string of the molecule is Cc1nn(C)cc1CCC(=O)NS(=O)(=O)c1ccc2c(c1)NC(=O)CO2. The van der Waals surface area contributed by atoms with Crippen molar-refractivity contribution < 1.29 is 22.7 Å². The molecule has 2 heterocycles. The van der Waals surface area contributed by atoms with Gasteiger partial charge in [-0.3, -0.25) is 14.3 Å². The first-order valence-electron chi connectivity index (χ1n) is 7.86. The number of aromatic nitrogens is 2. The van der Waals surface area contributed by atoms with Crippen molar-refractivity contribution in [3.05, 3.63) is 35.7 Å². The summed E-state index contributed by atoms with van der Waals surface area (Å²) in [6.07, 6.45) is 2.19. The van der Waals surface area contributed by atoms with Crippen LogP contribution < -0.4 is 14.8 Å². The quantitative estimate of drug-likeness (QED) is 0.782. The fraction of sp³-hybridized carbons (Fsp3) is 0.312. The molecule has 2 N–H and O–H groups in total. The van der Waals surface area contributed by atoms with Gasteiger partial charge in [-0.05, 0) is 37.1 Å². The van der Waals surface area contributed by atoms with Crippen molar-refractivity contribution in [3.63, 3.8) is 0 Å². The first-order valence-corrected chi connectivity index (χ1v) is 9.34. The van der Waals surface area contributed by atoms with E-state index in [2.05, 4.69) is 10.4 Å². The van der Waals surface area contributed by atoms with Gasteiger partial charge in [0.1, 0.15) is 5.75 Å². The predicted molar refractivity (Wildman–Crippen MR) is 92.2 cm³/mol. The number of nitrogens with one attached hydrogen (secondary N) is 2. The third kappa shape index (κ3) is 3.85. The summed E-state index contributed by atoms with van der Waals surface area (Å²) in [5.74, 6) is -0.615. The van der Waals surface area contributed by atoms with Gasteiger partial charge in [-0.25, -0.2) is 13.1 Å². The molecule has 0 saturated heterocycles. The lowest BCUT2D eigenvalue weighted by Gasteiger charge is -2.18. The minimum atomic E-state index is -4.05. The first kappa shape index (κ1) is 17.9. The molecule has 0 bridgehead atoms. The molecule has 138 valence electrons. The minimum absolute atomic E-state index is 0.0105. The zero-order valence-corrected chi connectivity index (χ0v) is 15.1. The van der Waals surface area contributed by atoms with Crippen molar-refractivity contribution in [1.82, 2.24) is 14.5 Å². The van der Waals surface area contributed by atoms with E-state index < -0.39 is 15.9 Å². The van der Waals surface area contributed by atoms with Crippen LogP contribution >= 0.6 is 0 Å². The van der Waals surface area contributed by atoms with Crippen LogP contribution in [0.4, 0.5) is 5.69 Å². The van der Waals surface area contributed by atoms with Gasteiger partial charge >= 0.3 is 0 Å². The highest BCUT2D eigenvalue weighted by molar-refractivity contribution is 7.90. The van der Waals surface area contributed by atoms with Crippen LogP contribution in [0.3, 0.4) is 0 Å². The van der Waals surface area contributed by atoms with E-state index in [0.29, 0.717) is 12.2 Å². The van der Waals surface area contributed by atoms with E-state index in [1.54, 1.807) is 17.9 Å². The molecule has 0 saturated carbocycles. The number of anilines is 1. The molecular weight excluding hydrogens is 360 g/mol. The monoisotopic (exact) mass is 378 g/mol. The highest BCUT2D eigenvalue weighted by atomic mass is 32.2. The molecule has 1 aliphatic heterocycles. The maximum absolute atomic E-state index is 12.4. The second-order valence-corrected chi connectivity index (χ2v) is 7.62. The summed E-state index contributed by atoms with van der Waals surface area (Å²) in [6, 6.07) is 4.01. The summed E-state index contributed by atoms with van der Waals surface area (Å²) in [5, 5.41) is 6.71. The largest absolute Gasteiger partial charge is 0.482 e. The van der Waals surface area contributed by atoms with Crippen molar-refractivity contribution in [2.24, 2.45) is 7.05 Å². The van der Waals surface area contributed by atoms with Gasteiger partial charge < -0.3 is 10.1 Å². The summed E-state index contributed by atoms with van der Waals surface area (Å²) < 4.78 is 33.6. The minimum Gasteiger partial charge on any atom is -0.482 e. The average molecular weight is 378 g/mol. The lowest BCUT2D eigenvalue weighted by atomic mass is 10.1. The van der Waals surface area contributed by atoms with Gasteiger partial charge in [0.25, 0.3) is 15.9 Å². The van der Waals surface area contributed by atoms with Crippen molar-refractivity contribution in [2.75, 3.05) is 11.9 Å². The Hall–Kier alpha value is -2.88. The molecule has 9 nitrogen and oxygen atoms in total. The normalized spacial score (nSPS) is 13.5. The van der Waals surface area contributed by atoms with Gasteiger partial charge in [-0.1, -0.05) is 0 Å². The number of rotatable bonds is 5. The van der Waals surface area contributed by atoms with Gasteiger partial charge in [-0.15, -0.1) is 0 Å². The Morgan fingerprint density at radius 2 is 2.19 bits per heavy atom. The molecule has 0 fully saturated rings. The van der Waals surface area contributed by atoms with Crippen molar-refractivity contribution in [1.29, 1.82) is 0 Å². The number of fused-ring (bicyclic) bond motifs is 1. The Kier molecular flexibility index (Phi) is 4.68. The van der Waals surface area contributed by atoms with Crippen molar-refractivity contribution >= 4 is 27.5 Å². The number of carbonyl (C=O) groups is 2. The van der Waals surface area contributed by atoms with Gasteiger partial charge in [0, 0.05) is 19.7 Å². The fourth-order valence-corrected chi connectivity index (χ4v) is 3.67. The number of carbonyl (C=O) groups excluding carboxylic acids is 2. The molecule has 2 aromatic rings. The van der Waals surface area contributed by atoms with Crippen LogP contribution in [0.1, 0.15) is 17.7 Å². The number of hydrogen-bond donors (Lipinski definition) is 2. The van der Waals surface area contributed by atoms with E-state index in [0.717, 1.165) is 11.3 Å². The fourth-order valence-electron chi connectivity index (χ4n) is 2.63. The van der Waals surface area contributed by atoms with E-state index in [1.165, 1.54) is 18.2 Å². The molecule has 1 aliphatic rings. The van der Waals surface area contributed by atoms with E-state index in [1.807, 2.05) is 11.6 Å². The molecule has 10 heteroatoms. The zero-order valence-electron chi connectivity index (χ0n) is 14.3. The second-order valence-electron chi connectivity index (χ2n) is 5.94. The van der Waals surface area contributed by atoms with E-state index in [9.17, 15) is 18.0 Å². The van der Waals surface area contributed by atoms with Gasteiger partial charge in [0.15, 0.2) is 6.61 Å². The van der Waals surface area contributed by atoms with Crippen LogP contribution in [0.25, 0.3) is 0 Å². The van der Waals surface area contributed by atoms with E-state index in [4.69, 9.17) is 4.74 Å². The number of hydrogen-bond acceptors (Lipinski definition) is 6. The summed E-state index contributed by atoms with van der Waals surface area (Å²) in [6.45, 7) is 1.71. The highest BCUT2D eigenvalue weighted by Gasteiger charge is 2.22. The molecule has 0 spiro atoms. The lowest BCUT2D eigenvalue weighted by Crippen LogP contribution is -2.31. The smallest absolute Gasteiger partial charge is 0.264 e. The number of benzene rings is 1. The van der Waals surface area contributed by atoms with Crippen molar-refractivity contribution in [3.8, 4) is 5.75 Å². The van der Waals surface area contributed by atoms with Crippen LogP contribution in [-0.2, 0) is 33.1 Å². The molecule has 3 rings (SSSR count). The Morgan fingerprint density at radius 1 is 1.42 bits per heavy atom. The Labute approximate surface area is 150 Å². The Bertz CT molecular complexity index is 981. The third-order valence-corrected chi connectivity index (χ3v) is 5.25. The van der Waals surface area contributed by atoms with Crippen molar-refractivity contribution in [2.45, 2.75) is 24.7 Å². The van der Waals surface area contributed by atoms with Gasteiger partial charge in [-0.2, -0.15) is 5.10 Å². The summed E-state index contributed by atoms with van der Waals surface area (Å²) in [5.41, 5.74) is 1.94. The van der Waals surface area contributed by atoms with Crippen LogP contribution in [0, 0.1) is 6.92 Å². The molecule has 0 unspecified atom stereocenters. The third-order valence-electron chi connectivity index (χ3n) is 3.88. The van der Waals surface area contributed by atoms with E-state index in [-0.39, 0.29) is 29.5 Å². The Balaban J connectivity index is 1.68. The molecular formula is C16H18N4O5S. The maximum Gasteiger partial charge on any atom is 0.264 e. The molecule has 0 aliphatic carbocycles. The zero-order chi connectivity index (χ0) is 18.9. The average Bonchev–Trinajstić information content (AvgIpc) is 2.89. The Morgan fingerprint density at radius 3 is 2.88 bits per heavy atom. The second kappa shape index (κ2) is 6.79. The topological polar surface area (TPSA) is 119 Å². The lowest BCUT2D eigenvalue weighted by molar-refractivity contribution is -0.119. The molecule has 2 amide bonds. The first-order chi connectivity index (χ1) is 12.2. The van der Waals surface area contributed by atoms with E-state index >= 15 is 0 Å². The molecule has 1 aromatic heterocycles. The standard InChI is InChI=1S/C16H18N4O5S/c1-10-11(8-20(2)18-10)3-6-15(21)19-26(23,24)12-4-5-14-13(7-12)17-16(22)9-25-14/h4-5,7-8H,3,6,9H2,1-2H3,(H,17,22)(H,19,21). The summed E-state index contributed by atoms with van der Waals surface area (Å²) in [7, 11) is -2.27. The number of nitrogens with zero attached hydrogens (tertiary/aromatic N) is 2. The number of sulfonamides is 1. The van der Waals surface area contributed by atoms with Crippen LogP contribution in [0.2, 0.25) is 0 Å².